The van der Waals surface area contributed by atoms with Gasteiger partial charge in [-0.1, -0.05) is 25.2 Å². The van der Waals surface area contributed by atoms with Crippen LogP contribution in [0.2, 0.25) is 0 Å². The van der Waals surface area contributed by atoms with Gasteiger partial charge in [0, 0.05) is 6.54 Å². The highest BCUT2D eigenvalue weighted by molar-refractivity contribution is 7.73. The average Bonchev–Trinajstić information content (AvgIpc) is 2.75. The highest BCUT2D eigenvalue weighted by Crippen LogP contribution is 2.10. The number of carbonyl (C=O) groups excluding carboxylic acids is 1. The maximum Gasteiger partial charge on any atom is 0.252 e. The molecule has 1 heterocycles. The second-order valence-electron chi connectivity index (χ2n) is 3.55. The number of hydrogen-bond acceptors (Lipinski definition) is 6. The molecule has 0 aliphatic rings. The van der Waals surface area contributed by atoms with Gasteiger partial charge in [0.25, 0.3) is 5.91 Å². The minimum absolute atomic E-state index is 0.0353. The molecule has 0 fully saturated rings. The van der Waals surface area contributed by atoms with Gasteiger partial charge in [-0.3, -0.25) is 15.2 Å². The number of amides is 1. The van der Waals surface area contributed by atoms with E-state index in [4.69, 9.17) is 17.0 Å². The summed E-state index contributed by atoms with van der Waals surface area (Å²) in [6.45, 7) is 7.59. The molecule has 6 nitrogen and oxygen atoms in total. The molecule has 0 atom stereocenters. The first kappa shape index (κ1) is 15.2. The zero-order valence-electron chi connectivity index (χ0n) is 10.6. The van der Waals surface area contributed by atoms with Gasteiger partial charge in [-0.15, -0.1) is 5.10 Å². The third-order valence-electron chi connectivity index (χ3n) is 2.36. The lowest BCUT2D eigenvalue weighted by Gasteiger charge is -2.17. The Morgan fingerprint density at radius 3 is 2.83 bits per heavy atom. The quantitative estimate of drug-likeness (QED) is 0.561. The number of rotatable bonds is 8. The van der Waals surface area contributed by atoms with Crippen LogP contribution in [0.3, 0.4) is 0 Å². The molecule has 0 aliphatic heterocycles. The molecule has 0 aromatic carbocycles. The Kier molecular flexibility index (Phi) is 7.02. The van der Waals surface area contributed by atoms with Crippen LogP contribution in [0.15, 0.2) is 0 Å². The Morgan fingerprint density at radius 2 is 2.28 bits per heavy atom. The Hall–Kier alpha value is -0.830. The Morgan fingerprint density at radius 1 is 1.56 bits per heavy atom. The van der Waals surface area contributed by atoms with Gasteiger partial charge in [0.2, 0.25) is 5.13 Å². The minimum Gasteiger partial charge on any atom is -0.370 e. The van der Waals surface area contributed by atoms with Crippen molar-refractivity contribution in [3.63, 3.8) is 0 Å². The molecule has 1 aromatic heterocycles. The molecule has 0 unspecified atom stereocenters. The molecule has 0 bridgehead atoms. The Labute approximate surface area is 115 Å². The van der Waals surface area contributed by atoms with Gasteiger partial charge in [0.15, 0.2) is 3.95 Å². The van der Waals surface area contributed by atoms with Gasteiger partial charge >= 0.3 is 0 Å². The van der Waals surface area contributed by atoms with E-state index in [9.17, 15) is 4.79 Å². The second-order valence-corrected chi connectivity index (χ2v) is 5.21. The lowest BCUT2D eigenvalue weighted by atomic mass is 10.5. The smallest absolute Gasteiger partial charge is 0.252 e. The number of aromatic nitrogens is 2. The third kappa shape index (κ3) is 5.67. The number of nitrogens with zero attached hydrogens (tertiary/aromatic N) is 2. The molecule has 0 saturated heterocycles. The fraction of sp³-hybridized carbons (Fsp3) is 0.700. The number of nitrogens with one attached hydrogen (secondary N) is 2. The van der Waals surface area contributed by atoms with Crippen molar-refractivity contribution in [1.82, 2.24) is 15.1 Å². The van der Waals surface area contributed by atoms with Crippen molar-refractivity contribution in [2.24, 2.45) is 0 Å². The predicted octanol–water partition coefficient (Wildman–Crippen LogP) is 1.50. The van der Waals surface area contributed by atoms with Crippen molar-refractivity contribution < 1.29 is 9.53 Å². The van der Waals surface area contributed by atoms with Crippen LogP contribution >= 0.6 is 23.6 Å². The molecule has 8 heteroatoms. The van der Waals surface area contributed by atoms with Crippen molar-refractivity contribution in [2.45, 2.75) is 13.8 Å². The number of likely N-dealkylation sites (N-methyl/N-ethyl adjacent to an activating group) is 1. The monoisotopic (exact) mass is 290 g/mol. The summed E-state index contributed by atoms with van der Waals surface area (Å²) in [4.78, 5) is 13.7. The first-order valence-corrected chi connectivity index (χ1v) is 7.03. The van der Waals surface area contributed by atoms with Crippen molar-refractivity contribution >= 4 is 34.6 Å². The van der Waals surface area contributed by atoms with Crippen molar-refractivity contribution in [1.29, 1.82) is 0 Å². The highest BCUT2D eigenvalue weighted by Gasteiger charge is 2.05. The van der Waals surface area contributed by atoms with Gasteiger partial charge in [-0.05, 0) is 25.3 Å². The molecule has 0 aliphatic carbocycles. The highest BCUT2D eigenvalue weighted by atomic mass is 32.1. The zero-order valence-corrected chi connectivity index (χ0v) is 12.2. The zero-order chi connectivity index (χ0) is 13.4. The third-order valence-corrected chi connectivity index (χ3v) is 3.37. The van der Waals surface area contributed by atoms with E-state index in [1.165, 1.54) is 11.3 Å². The maximum atomic E-state index is 11.5. The van der Waals surface area contributed by atoms with Gasteiger partial charge in [-0.2, -0.15) is 0 Å². The standard InChI is InChI=1S/C10H18N4O2S2/c1-3-14(4-2)5-6-16-7-8(15)11-9-12-13-10(17)18-9/h3-7H2,1-2H3,(H,13,17)(H,11,12,15). The molecule has 102 valence electrons. The Balaban J connectivity index is 2.16. The summed E-state index contributed by atoms with van der Waals surface area (Å²) in [6, 6.07) is 0. The maximum absolute atomic E-state index is 11.5. The van der Waals surface area contributed by atoms with E-state index in [1.54, 1.807) is 0 Å². The van der Waals surface area contributed by atoms with Crippen LogP contribution < -0.4 is 5.32 Å². The van der Waals surface area contributed by atoms with Gasteiger partial charge in [-0.25, -0.2) is 0 Å². The molecule has 1 rings (SSSR count). The fourth-order valence-electron chi connectivity index (χ4n) is 1.34. The normalized spacial score (nSPS) is 10.8. The molecule has 1 aromatic rings. The Bertz CT molecular complexity index is 414. The molecule has 0 saturated carbocycles. The summed E-state index contributed by atoms with van der Waals surface area (Å²) in [5.74, 6) is -0.215. The van der Waals surface area contributed by atoms with E-state index in [0.29, 0.717) is 15.7 Å². The van der Waals surface area contributed by atoms with Gasteiger partial charge < -0.3 is 9.64 Å². The van der Waals surface area contributed by atoms with Gasteiger partial charge in [0.05, 0.1) is 6.61 Å². The van der Waals surface area contributed by atoms with E-state index < -0.39 is 0 Å². The number of carbonyl (C=O) groups is 1. The van der Waals surface area contributed by atoms with E-state index in [2.05, 4.69) is 34.3 Å². The number of H-pyrrole nitrogens is 1. The number of aromatic amines is 1. The molecule has 2 N–H and O–H groups in total. The number of hydrogen-bond donors (Lipinski definition) is 2. The van der Waals surface area contributed by atoms with Crippen molar-refractivity contribution in [3.05, 3.63) is 3.95 Å². The topological polar surface area (TPSA) is 70.2 Å². The van der Waals surface area contributed by atoms with E-state index in [1.807, 2.05) is 0 Å². The van der Waals surface area contributed by atoms with Crippen LogP contribution in [0.4, 0.5) is 5.13 Å². The largest absolute Gasteiger partial charge is 0.370 e. The molecular formula is C10H18N4O2S2. The number of anilines is 1. The van der Waals surface area contributed by atoms with E-state index >= 15 is 0 Å². The predicted molar refractivity (Wildman–Crippen MR) is 74.5 cm³/mol. The first-order chi connectivity index (χ1) is 8.65. The molecule has 1 amide bonds. The molecule has 0 spiro atoms. The summed E-state index contributed by atoms with van der Waals surface area (Å²) in [7, 11) is 0. The average molecular weight is 290 g/mol. The summed E-state index contributed by atoms with van der Waals surface area (Å²) in [6.07, 6.45) is 0. The van der Waals surface area contributed by atoms with Gasteiger partial charge in [0.1, 0.15) is 6.61 Å². The molecule has 18 heavy (non-hydrogen) atoms. The van der Waals surface area contributed by atoms with Crippen LogP contribution in [0.25, 0.3) is 0 Å². The van der Waals surface area contributed by atoms with Crippen molar-refractivity contribution in [3.8, 4) is 0 Å². The minimum atomic E-state index is -0.215. The van der Waals surface area contributed by atoms with E-state index in [-0.39, 0.29) is 12.5 Å². The fourth-order valence-corrected chi connectivity index (χ4v) is 2.14. The molecule has 0 radical (unpaired) electrons. The van der Waals surface area contributed by atoms with Crippen LogP contribution in [0.5, 0.6) is 0 Å². The van der Waals surface area contributed by atoms with Crippen molar-refractivity contribution in [2.75, 3.05) is 38.2 Å². The lowest BCUT2D eigenvalue weighted by molar-refractivity contribution is -0.120. The first-order valence-electron chi connectivity index (χ1n) is 5.81. The number of ether oxygens (including phenoxy) is 1. The summed E-state index contributed by atoms with van der Waals surface area (Å²) in [5, 5.41) is 9.51. The van der Waals surface area contributed by atoms with Crippen LogP contribution in [0, 0.1) is 3.95 Å². The lowest BCUT2D eigenvalue weighted by Crippen LogP contribution is -2.28. The van der Waals surface area contributed by atoms with Crippen LogP contribution in [-0.2, 0) is 9.53 Å². The summed E-state index contributed by atoms with van der Waals surface area (Å²) >= 11 is 6.08. The summed E-state index contributed by atoms with van der Waals surface area (Å²) in [5.41, 5.74) is 0. The van der Waals surface area contributed by atoms with E-state index in [0.717, 1.165) is 19.6 Å². The van der Waals surface area contributed by atoms with Crippen LogP contribution in [0.1, 0.15) is 13.8 Å². The molecular weight excluding hydrogens is 272 g/mol. The summed E-state index contributed by atoms with van der Waals surface area (Å²) < 4.78 is 5.83. The van der Waals surface area contributed by atoms with Crippen LogP contribution in [-0.4, -0.2) is 53.9 Å². The second kappa shape index (κ2) is 8.30. The SMILES string of the molecule is CCN(CC)CCOCC(=O)Nc1n[nH]c(=S)s1.